The van der Waals surface area contributed by atoms with Gasteiger partial charge in [0.15, 0.2) is 0 Å². The number of halogens is 2. The van der Waals surface area contributed by atoms with E-state index in [9.17, 15) is 18.7 Å². The van der Waals surface area contributed by atoms with E-state index in [1.807, 2.05) is 6.07 Å². The Morgan fingerprint density at radius 2 is 1.92 bits per heavy atom. The molecule has 1 aromatic rings. The summed E-state index contributed by atoms with van der Waals surface area (Å²) in [6.07, 6.45) is -0.735. The number of rotatable bonds is 5. The molecule has 0 aromatic heterocycles. The molecule has 0 bridgehead atoms. The van der Waals surface area contributed by atoms with Crippen molar-refractivity contribution in [3.8, 4) is 0 Å². The molecule has 0 radical (unpaired) electrons. The lowest BCUT2D eigenvalue weighted by Gasteiger charge is -2.31. The molecule has 3 N–H and O–H groups in total. The summed E-state index contributed by atoms with van der Waals surface area (Å²) < 4.78 is 32.0. The zero-order chi connectivity index (χ0) is 17.9. The summed E-state index contributed by atoms with van der Waals surface area (Å²) in [5.74, 6) is -2.78. The Morgan fingerprint density at radius 1 is 1.24 bits per heavy atom. The first-order chi connectivity index (χ1) is 11.9. The molecule has 0 unspecified atom stereocenters. The number of carbonyl (C=O) groups is 1. The average Bonchev–Trinajstić information content (AvgIpc) is 2.95. The number of carbonyl (C=O) groups excluding carboxylic acids is 1. The predicted octanol–water partition coefficient (Wildman–Crippen LogP) is 1.71. The Balaban J connectivity index is 1.44. The monoisotopic (exact) mass is 354 g/mol. The van der Waals surface area contributed by atoms with Gasteiger partial charge in [0.05, 0.1) is 18.8 Å². The minimum Gasteiger partial charge on any atom is -0.389 e. The van der Waals surface area contributed by atoms with Gasteiger partial charge in [0.2, 0.25) is 5.92 Å². The van der Waals surface area contributed by atoms with Crippen molar-refractivity contribution in [2.75, 3.05) is 13.2 Å². The first-order valence-corrected chi connectivity index (χ1v) is 8.71. The second kappa shape index (κ2) is 7.76. The Bertz CT molecular complexity index is 575. The average molecular weight is 354 g/mol. The maximum Gasteiger partial charge on any atom is 0.251 e. The van der Waals surface area contributed by atoms with Gasteiger partial charge in [-0.1, -0.05) is 18.2 Å². The number of hydrogen-bond acceptors (Lipinski definition) is 4. The molecule has 7 heteroatoms. The zero-order valence-corrected chi connectivity index (χ0v) is 14.0. The van der Waals surface area contributed by atoms with Gasteiger partial charge in [0.25, 0.3) is 5.91 Å². The molecule has 0 spiro atoms. The van der Waals surface area contributed by atoms with Gasteiger partial charge in [-0.3, -0.25) is 4.79 Å². The van der Waals surface area contributed by atoms with E-state index in [1.165, 1.54) is 0 Å². The summed E-state index contributed by atoms with van der Waals surface area (Å²) in [6.45, 7) is 0.510. The molecule has 2 aliphatic rings. The van der Waals surface area contributed by atoms with Crippen LogP contribution >= 0.6 is 0 Å². The number of hydrogen-bond donors (Lipinski definition) is 3. The SMILES string of the molecule is O=C(NC[C@H]1OC[C@@H](NC2CCC(F)(F)CC2)[C@@H]1O)c1ccccc1. The fraction of sp³-hybridized carbons (Fsp3) is 0.611. The molecule has 3 atom stereocenters. The summed E-state index contributed by atoms with van der Waals surface area (Å²) >= 11 is 0. The van der Waals surface area contributed by atoms with Crippen molar-refractivity contribution in [1.82, 2.24) is 10.6 Å². The Kier molecular flexibility index (Phi) is 5.66. The lowest BCUT2D eigenvalue weighted by atomic mass is 9.91. The van der Waals surface area contributed by atoms with Gasteiger partial charge < -0.3 is 20.5 Å². The number of benzene rings is 1. The van der Waals surface area contributed by atoms with Crippen molar-refractivity contribution in [3.63, 3.8) is 0 Å². The van der Waals surface area contributed by atoms with Crippen molar-refractivity contribution in [3.05, 3.63) is 35.9 Å². The minimum atomic E-state index is -2.56. The highest BCUT2D eigenvalue weighted by Gasteiger charge is 2.40. The Hall–Kier alpha value is -1.57. The van der Waals surface area contributed by atoms with Gasteiger partial charge in [-0.05, 0) is 25.0 Å². The maximum absolute atomic E-state index is 13.2. The predicted molar refractivity (Wildman–Crippen MR) is 88.6 cm³/mol. The quantitative estimate of drug-likeness (QED) is 0.753. The molecule has 138 valence electrons. The van der Waals surface area contributed by atoms with Crippen molar-refractivity contribution in [1.29, 1.82) is 0 Å². The summed E-state index contributed by atoms with van der Waals surface area (Å²) in [6, 6.07) is 8.50. The fourth-order valence-corrected chi connectivity index (χ4v) is 3.40. The molecule has 1 heterocycles. The number of aliphatic hydroxyl groups is 1. The van der Waals surface area contributed by atoms with Crippen LogP contribution < -0.4 is 10.6 Å². The van der Waals surface area contributed by atoms with Crippen molar-refractivity contribution >= 4 is 5.91 Å². The second-order valence-corrected chi connectivity index (χ2v) is 6.84. The molecule has 1 aromatic carbocycles. The lowest BCUT2D eigenvalue weighted by Crippen LogP contribution is -2.49. The third-order valence-electron chi connectivity index (χ3n) is 4.95. The smallest absolute Gasteiger partial charge is 0.251 e. The van der Waals surface area contributed by atoms with Crippen LogP contribution in [0.5, 0.6) is 0 Å². The van der Waals surface area contributed by atoms with E-state index in [0.29, 0.717) is 25.0 Å². The summed E-state index contributed by atoms with van der Waals surface area (Å²) in [5.41, 5.74) is 0.549. The number of nitrogens with one attached hydrogen (secondary N) is 2. The number of ether oxygens (including phenoxy) is 1. The van der Waals surface area contributed by atoms with Gasteiger partial charge in [-0.15, -0.1) is 0 Å². The van der Waals surface area contributed by atoms with E-state index in [4.69, 9.17) is 4.74 Å². The third kappa shape index (κ3) is 4.74. The van der Waals surface area contributed by atoms with Gasteiger partial charge in [-0.25, -0.2) is 8.78 Å². The van der Waals surface area contributed by atoms with E-state index >= 15 is 0 Å². The van der Waals surface area contributed by atoms with Crippen LogP contribution in [0.15, 0.2) is 30.3 Å². The van der Waals surface area contributed by atoms with Crippen LogP contribution in [0, 0.1) is 0 Å². The van der Waals surface area contributed by atoms with Crippen LogP contribution in [-0.4, -0.2) is 54.4 Å². The Labute approximate surface area is 145 Å². The molecule has 25 heavy (non-hydrogen) atoms. The normalized spacial score (nSPS) is 29.5. The van der Waals surface area contributed by atoms with Crippen LogP contribution in [0.2, 0.25) is 0 Å². The van der Waals surface area contributed by atoms with Gasteiger partial charge in [0.1, 0.15) is 6.10 Å². The molecule has 5 nitrogen and oxygen atoms in total. The van der Waals surface area contributed by atoms with Gasteiger partial charge in [0, 0.05) is 31.0 Å². The molecular formula is C18H24F2N2O3. The Morgan fingerprint density at radius 3 is 2.60 bits per heavy atom. The molecular weight excluding hydrogens is 330 g/mol. The molecule has 1 saturated heterocycles. The van der Waals surface area contributed by atoms with E-state index in [0.717, 1.165) is 0 Å². The van der Waals surface area contributed by atoms with E-state index in [-0.39, 0.29) is 37.4 Å². The van der Waals surface area contributed by atoms with E-state index < -0.39 is 18.1 Å². The van der Waals surface area contributed by atoms with Gasteiger partial charge in [-0.2, -0.15) is 0 Å². The molecule has 2 fully saturated rings. The number of amides is 1. The van der Waals surface area contributed by atoms with Crippen LogP contribution in [-0.2, 0) is 4.74 Å². The van der Waals surface area contributed by atoms with Crippen molar-refractivity contribution in [2.45, 2.75) is 55.9 Å². The lowest BCUT2D eigenvalue weighted by molar-refractivity contribution is -0.0421. The highest BCUT2D eigenvalue weighted by atomic mass is 19.3. The highest BCUT2D eigenvalue weighted by Crippen LogP contribution is 2.33. The molecule has 1 amide bonds. The van der Waals surface area contributed by atoms with E-state index in [2.05, 4.69) is 10.6 Å². The number of aliphatic hydroxyl groups excluding tert-OH is 1. The molecule has 1 saturated carbocycles. The fourth-order valence-electron chi connectivity index (χ4n) is 3.40. The zero-order valence-electron chi connectivity index (χ0n) is 14.0. The standard InChI is InChI=1S/C18H24F2N2O3/c19-18(20)8-6-13(7-9-18)22-14-11-25-15(16(14)23)10-21-17(24)12-4-2-1-3-5-12/h1-5,13-16,22-23H,6-11H2,(H,21,24)/t14-,15-,16+/m1/s1. The summed E-state index contributed by atoms with van der Waals surface area (Å²) in [4.78, 5) is 12.0. The summed E-state index contributed by atoms with van der Waals surface area (Å²) in [7, 11) is 0. The summed E-state index contributed by atoms with van der Waals surface area (Å²) in [5, 5.41) is 16.4. The third-order valence-corrected chi connectivity index (χ3v) is 4.95. The van der Waals surface area contributed by atoms with Crippen LogP contribution in [0.1, 0.15) is 36.0 Å². The molecule has 1 aliphatic carbocycles. The first-order valence-electron chi connectivity index (χ1n) is 8.71. The van der Waals surface area contributed by atoms with E-state index in [1.54, 1.807) is 24.3 Å². The second-order valence-electron chi connectivity index (χ2n) is 6.84. The topological polar surface area (TPSA) is 70.6 Å². The molecule has 1 aliphatic heterocycles. The van der Waals surface area contributed by atoms with Crippen LogP contribution in [0.25, 0.3) is 0 Å². The van der Waals surface area contributed by atoms with Gasteiger partial charge >= 0.3 is 0 Å². The van der Waals surface area contributed by atoms with Crippen LogP contribution in [0.4, 0.5) is 8.78 Å². The van der Waals surface area contributed by atoms with Crippen LogP contribution in [0.3, 0.4) is 0 Å². The molecule has 3 rings (SSSR count). The number of alkyl halides is 2. The highest BCUT2D eigenvalue weighted by molar-refractivity contribution is 5.94. The minimum absolute atomic E-state index is 0.0273. The largest absolute Gasteiger partial charge is 0.389 e. The maximum atomic E-state index is 13.2. The first kappa shape index (κ1) is 18.2. The van der Waals surface area contributed by atoms with Crippen molar-refractivity contribution < 1.29 is 23.4 Å². The van der Waals surface area contributed by atoms with Crippen molar-refractivity contribution in [2.24, 2.45) is 0 Å².